The number of carboxylic acid groups (broad SMARTS) is 1. The van der Waals surface area contributed by atoms with Crippen molar-refractivity contribution in [3.8, 4) is 6.07 Å². The second kappa shape index (κ2) is 6.81. The maximum absolute atomic E-state index is 11.6. The van der Waals surface area contributed by atoms with E-state index in [1.807, 2.05) is 6.07 Å². The number of nitrogens with zero attached hydrogens (tertiary/aromatic N) is 1. The number of carboxylic acids is 1. The van der Waals surface area contributed by atoms with Gasteiger partial charge in [-0.05, 0) is 19.1 Å². The van der Waals surface area contributed by atoms with E-state index >= 15 is 0 Å². The molecule has 0 aliphatic rings. The molecule has 0 heterocycles. The van der Waals surface area contributed by atoms with Crippen molar-refractivity contribution in [2.45, 2.75) is 13.0 Å². The predicted molar refractivity (Wildman–Crippen MR) is 69.0 cm³/mol. The molecule has 1 unspecified atom stereocenters. The lowest BCUT2D eigenvalue weighted by Gasteiger charge is -2.08. The first-order chi connectivity index (χ1) is 9.04. The van der Waals surface area contributed by atoms with Gasteiger partial charge < -0.3 is 15.7 Å². The van der Waals surface area contributed by atoms with Crippen LogP contribution in [0.2, 0.25) is 0 Å². The highest BCUT2D eigenvalue weighted by molar-refractivity contribution is 5.99. The first-order valence-electron chi connectivity index (χ1n) is 5.50. The Bertz CT molecular complexity index is 532. The Kier molecular flexibility index (Phi) is 5.11. The quantitative estimate of drug-likeness (QED) is 0.542. The van der Waals surface area contributed by atoms with Crippen LogP contribution in [0, 0.1) is 11.3 Å². The van der Waals surface area contributed by atoms with Crippen molar-refractivity contribution in [3.05, 3.63) is 42.1 Å². The molecule has 0 aliphatic heterocycles. The summed E-state index contributed by atoms with van der Waals surface area (Å²) in [7, 11) is 0. The number of hydrogen-bond donors (Lipinski definition) is 3. The van der Waals surface area contributed by atoms with E-state index in [9.17, 15) is 9.59 Å². The number of carbonyl (C=O) groups is 2. The lowest BCUT2D eigenvalue weighted by molar-refractivity contribution is -0.140. The number of carbonyl (C=O) groups excluding carboxylic acids is 1. The van der Waals surface area contributed by atoms with Crippen LogP contribution in [0.15, 0.2) is 42.1 Å². The number of anilines is 1. The molecule has 1 amide bonds. The number of amides is 1. The third-order valence-electron chi connectivity index (χ3n) is 2.24. The molecule has 0 bridgehead atoms. The Morgan fingerprint density at radius 3 is 2.53 bits per heavy atom. The summed E-state index contributed by atoms with van der Waals surface area (Å²) in [6.07, 6.45) is 1.24. The van der Waals surface area contributed by atoms with Gasteiger partial charge in [-0.3, -0.25) is 9.59 Å². The van der Waals surface area contributed by atoms with E-state index < -0.39 is 17.9 Å². The molecule has 0 fully saturated rings. The molecule has 1 aromatic carbocycles. The number of nitriles is 1. The SMILES string of the molecule is CC(NC(=O)/C(C#N)=C\Nc1ccccc1)C(=O)O. The number of para-hydroxylation sites is 1. The zero-order valence-corrected chi connectivity index (χ0v) is 10.3. The number of rotatable bonds is 5. The van der Waals surface area contributed by atoms with Crippen molar-refractivity contribution >= 4 is 17.6 Å². The van der Waals surface area contributed by atoms with Crippen LogP contribution in [0.1, 0.15) is 6.92 Å². The largest absolute Gasteiger partial charge is 0.480 e. The molecule has 6 heteroatoms. The van der Waals surface area contributed by atoms with Crippen molar-refractivity contribution in [2.75, 3.05) is 5.32 Å². The van der Waals surface area contributed by atoms with Crippen molar-refractivity contribution in [1.29, 1.82) is 5.26 Å². The molecule has 19 heavy (non-hydrogen) atoms. The summed E-state index contributed by atoms with van der Waals surface area (Å²) in [5.41, 5.74) is 0.520. The van der Waals surface area contributed by atoms with Crippen LogP contribution in [0.25, 0.3) is 0 Å². The molecule has 98 valence electrons. The zero-order valence-electron chi connectivity index (χ0n) is 10.3. The molecule has 0 radical (unpaired) electrons. The molecule has 1 atom stereocenters. The van der Waals surface area contributed by atoms with Gasteiger partial charge in [0.25, 0.3) is 5.91 Å². The van der Waals surface area contributed by atoms with E-state index in [-0.39, 0.29) is 5.57 Å². The van der Waals surface area contributed by atoms with Gasteiger partial charge in [0.05, 0.1) is 0 Å². The topological polar surface area (TPSA) is 102 Å². The number of nitrogens with one attached hydrogen (secondary N) is 2. The van der Waals surface area contributed by atoms with Crippen LogP contribution < -0.4 is 10.6 Å². The Morgan fingerprint density at radius 1 is 1.37 bits per heavy atom. The minimum Gasteiger partial charge on any atom is -0.480 e. The first-order valence-corrected chi connectivity index (χ1v) is 5.50. The van der Waals surface area contributed by atoms with Crippen molar-refractivity contribution in [1.82, 2.24) is 5.32 Å². The highest BCUT2D eigenvalue weighted by Crippen LogP contribution is 2.06. The highest BCUT2D eigenvalue weighted by Gasteiger charge is 2.16. The van der Waals surface area contributed by atoms with Gasteiger partial charge in [-0.15, -0.1) is 0 Å². The summed E-state index contributed by atoms with van der Waals surface area (Å²) in [4.78, 5) is 22.2. The molecule has 1 aromatic rings. The Morgan fingerprint density at radius 2 is 2.00 bits per heavy atom. The molecule has 1 rings (SSSR count). The Labute approximate surface area is 110 Å². The summed E-state index contributed by atoms with van der Waals surface area (Å²) in [5.74, 6) is -1.90. The minimum absolute atomic E-state index is 0.197. The van der Waals surface area contributed by atoms with Crippen LogP contribution in [0.4, 0.5) is 5.69 Å². The van der Waals surface area contributed by atoms with Gasteiger partial charge in [-0.2, -0.15) is 5.26 Å². The lowest BCUT2D eigenvalue weighted by Crippen LogP contribution is -2.39. The molecular weight excluding hydrogens is 246 g/mol. The molecular formula is C13H13N3O3. The third kappa shape index (κ3) is 4.52. The van der Waals surface area contributed by atoms with Crippen LogP contribution >= 0.6 is 0 Å². The monoisotopic (exact) mass is 259 g/mol. The minimum atomic E-state index is -1.17. The Balaban J connectivity index is 2.70. The molecule has 0 aromatic heterocycles. The van der Waals surface area contributed by atoms with Crippen molar-refractivity contribution in [2.24, 2.45) is 0 Å². The molecule has 6 nitrogen and oxygen atoms in total. The maximum Gasteiger partial charge on any atom is 0.325 e. The van der Waals surface area contributed by atoms with Crippen LogP contribution in [-0.4, -0.2) is 23.0 Å². The standard InChI is InChI=1S/C13H13N3O3/c1-9(13(18)19)16-12(17)10(7-14)8-15-11-5-3-2-4-6-11/h2-6,8-9,15H,1H3,(H,16,17)(H,18,19)/b10-8-. The van der Waals surface area contributed by atoms with E-state index in [0.29, 0.717) is 5.69 Å². The lowest BCUT2D eigenvalue weighted by atomic mass is 10.2. The fourth-order valence-electron chi connectivity index (χ4n) is 1.17. The summed E-state index contributed by atoms with van der Waals surface area (Å²) >= 11 is 0. The van der Waals surface area contributed by atoms with Crippen molar-refractivity contribution in [3.63, 3.8) is 0 Å². The van der Waals surface area contributed by atoms with E-state index in [4.69, 9.17) is 10.4 Å². The second-order valence-corrected chi connectivity index (χ2v) is 3.71. The van der Waals surface area contributed by atoms with Gasteiger partial charge in [-0.25, -0.2) is 0 Å². The molecule has 0 aliphatic carbocycles. The van der Waals surface area contributed by atoms with Gasteiger partial charge in [-0.1, -0.05) is 18.2 Å². The third-order valence-corrected chi connectivity index (χ3v) is 2.24. The fraction of sp³-hybridized carbons (Fsp3) is 0.154. The van der Waals surface area contributed by atoms with Gasteiger partial charge in [0.15, 0.2) is 0 Å². The van der Waals surface area contributed by atoms with Crippen LogP contribution in [0.3, 0.4) is 0 Å². The smallest absolute Gasteiger partial charge is 0.325 e. The van der Waals surface area contributed by atoms with Gasteiger partial charge >= 0.3 is 5.97 Å². The molecule has 0 spiro atoms. The van der Waals surface area contributed by atoms with Crippen molar-refractivity contribution < 1.29 is 14.7 Å². The molecule has 0 saturated carbocycles. The average molecular weight is 259 g/mol. The van der Waals surface area contributed by atoms with Gasteiger partial charge in [0, 0.05) is 11.9 Å². The highest BCUT2D eigenvalue weighted by atomic mass is 16.4. The Hall–Kier alpha value is -2.81. The molecule has 3 N–H and O–H groups in total. The van der Waals surface area contributed by atoms with Crippen LogP contribution in [-0.2, 0) is 9.59 Å². The number of aliphatic carboxylic acids is 1. The zero-order chi connectivity index (χ0) is 14.3. The number of hydrogen-bond acceptors (Lipinski definition) is 4. The van der Waals surface area contributed by atoms with E-state index in [1.54, 1.807) is 30.3 Å². The number of benzene rings is 1. The summed E-state index contributed by atoms with van der Waals surface area (Å²) in [6, 6.07) is 9.63. The van der Waals surface area contributed by atoms with E-state index in [0.717, 1.165) is 0 Å². The summed E-state index contributed by atoms with van der Waals surface area (Å²) in [5, 5.41) is 22.5. The summed E-state index contributed by atoms with van der Waals surface area (Å²) in [6.45, 7) is 1.32. The normalized spacial score (nSPS) is 12.1. The average Bonchev–Trinajstić information content (AvgIpc) is 2.40. The van der Waals surface area contributed by atoms with Gasteiger partial charge in [0.2, 0.25) is 0 Å². The van der Waals surface area contributed by atoms with E-state index in [2.05, 4.69) is 10.6 Å². The second-order valence-electron chi connectivity index (χ2n) is 3.71. The van der Waals surface area contributed by atoms with Gasteiger partial charge in [0.1, 0.15) is 17.7 Å². The maximum atomic E-state index is 11.6. The fourth-order valence-corrected chi connectivity index (χ4v) is 1.17. The summed E-state index contributed by atoms with van der Waals surface area (Å²) < 4.78 is 0. The van der Waals surface area contributed by atoms with Crippen LogP contribution in [0.5, 0.6) is 0 Å². The van der Waals surface area contributed by atoms with E-state index in [1.165, 1.54) is 13.1 Å². The predicted octanol–water partition coefficient (Wildman–Crippen LogP) is 1.10. The first kappa shape index (κ1) is 14.3. The molecule has 0 saturated heterocycles.